The summed E-state index contributed by atoms with van der Waals surface area (Å²) in [6, 6.07) is 14.9. The molecule has 3 heterocycles. The van der Waals surface area contributed by atoms with Gasteiger partial charge in [-0.2, -0.15) is 19.9 Å². The number of aromatic amines is 1. The number of anilines is 1. The minimum absolute atomic E-state index is 0.178. The summed E-state index contributed by atoms with van der Waals surface area (Å²) in [5, 5.41) is 12.1. The fraction of sp³-hybridized carbons (Fsp3) is 0.160. The van der Waals surface area contributed by atoms with Crippen molar-refractivity contribution in [3.8, 4) is 11.6 Å². The Kier molecular flexibility index (Phi) is 5.09. The molecule has 2 aromatic carbocycles. The Bertz CT molecular complexity index is 1620. The second kappa shape index (κ2) is 8.11. The number of amides is 1. The van der Waals surface area contributed by atoms with Crippen molar-refractivity contribution in [2.45, 2.75) is 27.7 Å². The maximum Gasteiger partial charge on any atom is 0.263 e. The quantitative estimate of drug-likeness (QED) is 0.430. The molecule has 0 unspecified atom stereocenters. The van der Waals surface area contributed by atoms with Gasteiger partial charge in [-0.05, 0) is 57.0 Å². The molecule has 0 aliphatic rings. The van der Waals surface area contributed by atoms with Crippen LogP contribution in [0.3, 0.4) is 0 Å². The van der Waals surface area contributed by atoms with Crippen LogP contribution in [0.4, 0.5) is 5.82 Å². The van der Waals surface area contributed by atoms with Crippen LogP contribution in [0.25, 0.3) is 22.7 Å². The van der Waals surface area contributed by atoms with Crippen molar-refractivity contribution in [1.82, 2.24) is 29.5 Å². The summed E-state index contributed by atoms with van der Waals surface area (Å²) in [6.07, 6.45) is 1.50. The lowest BCUT2D eigenvalue weighted by molar-refractivity contribution is 0.102. The maximum absolute atomic E-state index is 12.9. The zero-order valence-electron chi connectivity index (χ0n) is 19.2. The molecule has 5 aromatic rings. The van der Waals surface area contributed by atoms with Crippen molar-refractivity contribution in [3.05, 3.63) is 93.0 Å². The van der Waals surface area contributed by atoms with E-state index in [9.17, 15) is 9.59 Å². The van der Waals surface area contributed by atoms with Crippen molar-refractivity contribution in [1.29, 1.82) is 0 Å². The van der Waals surface area contributed by atoms with Crippen LogP contribution in [0.5, 0.6) is 0 Å². The highest BCUT2D eigenvalue weighted by molar-refractivity contribution is 6.04. The van der Waals surface area contributed by atoms with Crippen LogP contribution >= 0.6 is 0 Å². The van der Waals surface area contributed by atoms with E-state index in [4.69, 9.17) is 0 Å². The SMILES string of the molecule is Cc1cccc(C(=O)Nc2cc(C)nn2-c2nc3c(cnn3-c3cccc(C)c3C)c(=O)[nH]2)c1. The lowest BCUT2D eigenvalue weighted by atomic mass is 10.1. The second-order valence-corrected chi connectivity index (χ2v) is 8.31. The van der Waals surface area contributed by atoms with Gasteiger partial charge in [0, 0.05) is 11.6 Å². The molecular formula is C25H23N7O2. The predicted octanol–water partition coefficient (Wildman–Crippen LogP) is 3.78. The van der Waals surface area contributed by atoms with Gasteiger partial charge in [0.1, 0.15) is 11.2 Å². The minimum Gasteiger partial charge on any atom is -0.306 e. The molecule has 0 atom stereocenters. The molecule has 0 fully saturated rings. The summed E-state index contributed by atoms with van der Waals surface area (Å²) in [5.74, 6) is 0.287. The van der Waals surface area contributed by atoms with E-state index in [-0.39, 0.29) is 17.4 Å². The number of hydrogen-bond donors (Lipinski definition) is 2. The van der Waals surface area contributed by atoms with E-state index in [1.165, 1.54) is 10.9 Å². The van der Waals surface area contributed by atoms with Gasteiger partial charge in [-0.3, -0.25) is 14.6 Å². The monoisotopic (exact) mass is 453 g/mol. The molecule has 170 valence electrons. The zero-order valence-corrected chi connectivity index (χ0v) is 19.2. The van der Waals surface area contributed by atoms with Gasteiger partial charge in [0.15, 0.2) is 5.65 Å². The summed E-state index contributed by atoms with van der Waals surface area (Å²) >= 11 is 0. The Hall–Kier alpha value is -4.53. The molecule has 34 heavy (non-hydrogen) atoms. The third-order valence-electron chi connectivity index (χ3n) is 5.78. The van der Waals surface area contributed by atoms with Crippen molar-refractivity contribution in [3.63, 3.8) is 0 Å². The smallest absolute Gasteiger partial charge is 0.263 e. The number of carbonyl (C=O) groups excluding carboxylic acids is 1. The molecule has 2 N–H and O–H groups in total. The van der Waals surface area contributed by atoms with Crippen LogP contribution in [0.2, 0.25) is 0 Å². The average molecular weight is 454 g/mol. The molecular weight excluding hydrogens is 430 g/mol. The number of rotatable bonds is 4. The topological polar surface area (TPSA) is 110 Å². The van der Waals surface area contributed by atoms with Crippen molar-refractivity contribution in [2.24, 2.45) is 0 Å². The lowest BCUT2D eigenvalue weighted by Gasteiger charge is -2.11. The average Bonchev–Trinajstić information content (AvgIpc) is 3.39. The number of hydrogen-bond acceptors (Lipinski definition) is 5. The Morgan fingerprint density at radius 1 is 1.00 bits per heavy atom. The summed E-state index contributed by atoms with van der Waals surface area (Å²) in [5.41, 5.74) is 5.20. The fourth-order valence-corrected chi connectivity index (χ4v) is 3.87. The highest BCUT2D eigenvalue weighted by Crippen LogP contribution is 2.22. The Balaban J connectivity index is 1.61. The number of aromatic nitrogens is 6. The van der Waals surface area contributed by atoms with E-state index < -0.39 is 0 Å². The number of carbonyl (C=O) groups is 1. The lowest BCUT2D eigenvalue weighted by Crippen LogP contribution is -2.19. The first kappa shape index (κ1) is 21.3. The number of benzene rings is 2. The first-order valence-electron chi connectivity index (χ1n) is 10.8. The van der Waals surface area contributed by atoms with Gasteiger partial charge in [-0.25, -0.2) is 4.68 Å². The highest BCUT2D eigenvalue weighted by atomic mass is 16.2. The summed E-state index contributed by atoms with van der Waals surface area (Å²) < 4.78 is 3.07. The normalized spacial score (nSPS) is 11.2. The number of fused-ring (bicyclic) bond motifs is 1. The van der Waals surface area contributed by atoms with E-state index >= 15 is 0 Å². The molecule has 0 saturated heterocycles. The molecule has 9 heteroatoms. The number of H-pyrrole nitrogens is 1. The van der Waals surface area contributed by atoms with Crippen LogP contribution in [0, 0.1) is 27.7 Å². The molecule has 0 spiro atoms. The standard InChI is InChI=1S/C25H23N7O2/c1-14-7-5-9-18(11-14)23(33)27-21-12-16(3)30-32(21)25-28-22-19(24(34)29-25)13-26-31(22)20-10-6-8-15(2)17(20)4/h5-13H,1-4H3,(H,27,33)(H,28,29,34). The first-order chi connectivity index (χ1) is 16.3. The van der Waals surface area contributed by atoms with Crippen molar-refractivity contribution >= 4 is 22.8 Å². The molecule has 5 rings (SSSR count). The molecule has 1 amide bonds. The van der Waals surface area contributed by atoms with Gasteiger partial charge < -0.3 is 5.32 Å². The third-order valence-corrected chi connectivity index (χ3v) is 5.78. The zero-order chi connectivity index (χ0) is 24.0. The molecule has 3 aromatic heterocycles. The van der Waals surface area contributed by atoms with Gasteiger partial charge in [-0.1, -0.05) is 29.8 Å². The number of aryl methyl sites for hydroxylation is 3. The van der Waals surface area contributed by atoms with E-state index in [0.29, 0.717) is 28.1 Å². The van der Waals surface area contributed by atoms with E-state index in [1.54, 1.807) is 29.8 Å². The highest BCUT2D eigenvalue weighted by Gasteiger charge is 2.18. The first-order valence-corrected chi connectivity index (χ1v) is 10.8. The molecule has 0 saturated carbocycles. The minimum atomic E-state index is -0.347. The van der Waals surface area contributed by atoms with Crippen LogP contribution in [-0.2, 0) is 0 Å². The fourth-order valence-electron chi connectivity index (χ4n) is 3.87. The van der Waals surface area contributed by atoms with E-state index in [0.717, 1.165) is 22.4 Å². The van der Waals surface area contributed by atoms with Gasteiger partial charge in [0.2, 0.25) is 5.95 Å². The Morgan fingerprint density at radius 3 is 2.59 bits per heavy atom. The Morgan fingerprint density at radius 2 is 1.79 bits per heavy atom. The molecule has 0 bridgehead atoms. The molecule has 0 radical (unpaired) electrons. The van der Waals surface area contributed by atoms with Crippen LogP contribution in [0.1, 0.15) is 32.7 Å². The molecule has 0 aliphatic heterocycles. The van der Waals surface area contributed by atoms with Crippen molar-refractivity contribution in [2.75, 3.05) is 5.32 Å². The van der Waals surface area contributed by atoms with Crippen LogP contribution in [0.15, 0.2) is 59.5 Å². The largest absolute Gasteiger partial charge is 0.306 e. The van der Waals surface area contributed by atoms with Crippen LogP contribution < -0.4 is 10.9 Å². The van der Waals surface area contributed by atoms with Gasteiger partial charge >= 0.3 is 0 Å². The summed E-state index contributed by atoms with van der Waals surface area (Å²) in [6.45, 7) is 7.75. The number of nitrogens with zero attached hydrogens (tertiary/aromatic N) is 5. The summed E-state index contributed by atoms with van der Waals surface area (Å²) in [4.78, 5) is 33.2. The third kappa shape index (κ3) is 3.66. The maximum atomic E-state index is 12.9. The Labute approximate surface area is 195 Å². The molecule has 0 aliphatic carbocycles. The van der Waals surface area contributed by atoms with E-state index in [1.807, 2.05) is 51.1 Å². The second-order valence-electron chi connectivity index (χ2n) is 8.31. The van der Waals surface area contributed by atoms with E-state index in [2.05, 4.69) is 25.5 Å². The van der Waals surface area contributed by atoms with Gasteiger partial charge in [0.25, 0.3) is 11.5 Å². The van der Waals surface area contributed by atoms with Gasteiger partial charge in [0.05, 0.1) is 17.6 Å². The van der Waals surface area contributed by atoms with Crippen molar-refractivity contribution < 1.29 is 4.79 Å². The van der Waals surface area contributed by atoms with Gasteiger partial charge in [-0.15, -0.1) is 0 Å². The van der Waals surface area contributed by atoms with Crippen LogP contribution in [-0.4, -0.2) is 35.4 Å². The predicted molar refractivity (Wildman–Crippen MR) is 130 cm³/mol. The summed E-state index contributed by atoms with van der Waals surface area (Å²) in [7, 11) is 0. The number of nitrogens with one attached hydrogen (secondary N) is 2. The molecule has 9 nitrogen and oxygen atoms in total.